The molecular weight excluding hydrogens is 194 g/mol. The zero-order valence-corrected chi connectivity index (χ0v) is 9.10. The number of hydrogen-bond acceptors (Lipinski definition) is 3. The Morgan fingerprint density at radius 1 is 1.47 bits per heavy atom. The average Bonchev–Trinajstić information content (AvgIpc) is 2.25. The molecule has 1 rings (SSSR count). The van der Waals surface area contributed by atoms with Crippen LogP contribution in [0.25, 0.3) is 0 Å². The minimum Gasteiger partial charge on any atom is -0.503 e. The molecule has 2 N–H and O–H groups in total. The van der Waals surface area contributed by atoms with Crippen LogP contribution in [0.1, 0.15) is 32.0 Å². The van der Waals surface area contributed by atoms with Crippen LogP contribution in [0.15, 0.2) is 17.1 Å². The van der Waals surface area contributed by atoms with Gasteiger partial charge in [0.15, 0.2) is 5.75 Å². The van der Waals surface area contributed by atoms with Crippen molar-refractivity contribution < 1.29 is 10.2 Å². The van der Waals surface area contributed by atoms with Crippen LogP contribution in [0.4, 0.5) is 0 Å². The smallest absolute Gasteiger partial charge is 0.223 e. The van der Waals surface area contributed by atoms with Gasteiger partial charge >= 0.3 is 0 Å². The van der Waals surface area contributed by atoms with Gasteiger partial charge in [0.25, 0.3) is 0 Å². The third kappa shape index (κ3) is 2.21. The molecule has 1 aromatic rings. The minimum atomic E-state index is -0.365. The van der Waals surface area contributed by atoms with E-state index < -0.39 is 0 Å². The van der Waals surface area contributed by atoms with Crippen LogP contribution in [0, 0.1) is 0 Å². The molecule has 0 aliphatic heterocycles. The van der Waals surface area contributed by atoms with E-state index in [9.17, 15) is 15.0 Å². The number of aliphatic hydroxyl groups excluding tert-OH is 1. The molecule has 0 saturated heterocycles. The monoisotopic (exact) mass is 211 g/mol. The van der Waals surface area contributed by atoms with Crippen LogP contribution in [0.3, 0.4) is 0 Å². The van der Waals surface area contributed by atoms with E-state index in [1.54, 1.807) is 10.8 Å². The number of pyridine rings is 1. The molecule has 1 atom stereocenters. The van der Waals surface area contributed by atoms with E-state index in [1.807, 2.05) is 13.8 Å². The molecule has 4 nitrogen and oxygen atoms in total. The molecule has 0 radical (unpaired) electrons. The molecule has 0 saturated carbocycles. The van der Waals surface area contributed by atoms with Crippen molar-refractivity contribution in [1.29, 1.82) is 0 Å². The molecule has 0 amide bonds. The van der Waals surface area contributed by atoms with Crippen LogP contribution >= 0.6 is 0 Å². The summed E-state index contributed by atoms with van der Waals surface area (Å²) in [4.78, 5) is 11.2. The Bertz CT molecular complexity index is 380. The van der Waals surface area contributed by atoms with Crippen LogP contribution in [0.2, 0.25) is 0 Å². The summed E-state index contributed by atoms with van der Waals surface area (Å²) in [6, 6.07) is 1.25. The first kappa shape index (κ1) is 11.8. The highest BCUT2D eigenvalue weighted by Gasteiger charge is 2.13. The summed E-state index contributed by atoms with van der Waals surface area (Å²) in [5.74, 6) is -0.202. The van der Waals surface area contributed by atoms with E-state index in [0.717, 1.165) is 6.42 Å². The fourth-order valence-electron chi connectivity index (χ4n) is 1.69. The first-order valence-electron chi connectivity index (χ1n) is 5.19. The Balaban J connectivity index is 3.29. The molecule has 84 valence electrons. The SMILES string of the molecule is CCc1c(O)c(=O)ccn1C(CC)CO. The van der Waals surface area contributed by atoms with Crippen LogP contribution < -0.4 is 5.43 Å². The molecule has 4 heteroatoms. The second-order valence-corrected chi connectivity index (χ2v) is 3.48. The second-order valence-electron chi connectivity index (χ2n) is 3.48. The summed E-state index contributed by atoms with van der Waals surface area (Å²) < 4.78 is 1.77. The number of aliphatic hydroxyl groups is 1. The highest BCUT2D eigenvalue weighted by Crippen LogP contribution is 2.19. The van der Waals surface area contributed by atoms with E-state index in [0.29, 0.717) is 12.1 Å². The summed E-state index contributed by atoms with van der Waals surface area (Å²) in [5.41, 5.74) is 0.222. The van der Waals surface area contributed by atoms with Crippen molar-refractivity contribution in [1.82, 2.24) is 4.57 Å². The molecule has 0 aliphatic rings. The number of nitrogens with zero attached hydrogens (tertiary/aromatic N) is 1. The molecule has 0 aromatic carbocycles. The molecule has 0 spiro atoms. The summed E-state index contributed by atoms with van der Waals surface area (Å²) in [5, 5.41) is 18.8. The van der Waals surface area contributed by atoms with Crippen molar-refractivity contribution in [3.63, 3.8) is 0 Å². The van der Waals surface area contributed by atoms with Gasteiger partial charge in [-0.1, -0.05) is 13.8 Å². The Labute approximate surface area is 88.8 Å². The lowest BCUT2D eigenvalue weighted by Crippen LogP contribution is -2.19. The topological polar surface area (TPSA) is 62.5 Å². The number of hydrogen-bond donors (Lipinski definition) is 2. The molecule has 1 heterocycles. The lowest BCUT2D eigenvalue weighted by atomic mass is 10.1. The summed E-state index contributed by atoms with van der Waals surface area (Å²) >= 11 is 0. The molecule has 1 aromatic heterocycles. The lowest BCUT2D eigenvalue weighted by Gasteiger charge is -2.20. The first-order valence-corrected chi connectivity index (χ1v) is 5.19. The van der Waals surface area contributed by atoms with E-state index in [1.165, 1.54) is 6.07 Å². The third-order valence-electron chi connectivity index (χ3n) is 2.62. The van der Waals surface area contributed by atoms with Gasteiger partial charge in [-0.2, -0.15) is 0 Å². The molecule has 0 bridgehead atoms. The molecular formula is C11H17NO3. The van der Waals surface area contributed by atoms with Crippen LogP contribution in [0.5, 0.6) is 5.75 Å². The van der Waals surface area contributed by atoms with E-state index in [2.05, 4.69) is 0 Å². The quantitative estimate of drug-likeness (QED) is 0.782. The van der Waals surface area contributed by atoms with Crippen molar-refractivity contribution in [3.05, 3.63) is 28.2 Å². The van der Waals surface area contributed by atoms with E-state index >= 15 is 0 Å². The fourth-order valence-corrected chi connectivity index (χ4v) is 1.69. The number of aromatic hydroxyl groups is 1. The Kier molecular flexibility index (Phi) is 3.91. The van der Waals surface area contributed by atoms with Crippen molar-refractivity contribution in [3.8, 4) is 5.75 Å². The summed E-state index contributed by atoms with van der Waals surface area (Å²) in [6.45, 7) is 3.83. The molecule has 1 unspecified atom stereocenters. The maximum absolute atomic E-state index is 11.2. The van der Waals surface area contributed by atoms with Crippen LogP contribution in [-0.2, 0) is 6.42 Å². The van der Waals surface area contributed by atoms with Gasteiger partial charge in [0.05, 0.1) is 18.3 Å². The number of aromatic nitrogens is 1. The minimum absolute atomic E-state index is 0.00576. The zero-order chi connectivity index (χ0) is 11.4. The number of rotatable bonds is 4. The Morgan fingerprint density at radius 3 is 2.60 bits per heavy atom. The normalized spacial score (nSPS) is 12.7. The van der Waals surface area contributed by atoms with Crippen molar-refractivity contribution in [2.75, 3.05) is 6.61 Å². The van der Waals surface area contributed by atoms with Crippen LogP contribution in [-0.4, -0.2) is 21.4 Å². The predicted molar refractivity (Wildman–Crippen MR) is 58.2 cm³/mol. The van der Waals surface area contributed by atoms with Crippen molar-refractivity contribution in [2.45, 2.75) is 32.7 Å². The van der Waals surface area contributed by atoms with Crippen molar-refractivity contribution >= 4 is 0 Å². The van der Waals surface area contributed by atoms with Gasteiger partial charge < -0.3 is 14.8 Å². The van der Waals surface area contributed by atoms with Gasteiger partial charge in [-0.15, -0.1) is 0 Å². The van der Waals surface area contributed by atoms with Gasteiger partial charge in [-0.25, -0.2) is 0 Å². The molecule has 0 aliphatic carbocycles. The molecule has 0 fully saturated rings. The van der Waals surface area contributed by atoms with Gasteiger partial charge in [-0.05, 0) is 12.8 Å². The average molecular weight is 211 g/mol. The van der Waals surface area contributed by atoms with Gasteiger partial charge in [0.1, 0.15) is 0 Å². The maximum atomic E-state index is 11.2. The van der Waals surface area contributed by atoms with E-state index in [-0.39, 0.29) is 23.8 Å². The predicted octanol–water partition coefficient (Wildman–Crippen LogP) is 1.06. The zero-order valence-electron chi connectivity index (χ0n) is 9.10. The van der Waals surface area contributed by atoms with E-state index in [4.69, 9.17) is 0 Å². The standard InChI is InChI=1S/C11H17NO3/c1-3-8(7-13)12-6-5-10(14)11(15)9(12)4-2/h5-6,8,13,15H,3-4,7H2,1-2H3. The largest absolute Gasteiger partial charge is 0.503 e. The fraction of sp³-hybridized carbons (Fsp3) is 0.545. The highest BCUT2D eigenvalue weighted by molar-refractivity contribution is 5.27. The first-order chi connectivity index (χ1) is 7.15. The lowest BCUT2D eigenvalue weighted by molar-refractivity contribution is 0.220. The third-order valence-corrected chi connectivity index (χ3v) is 2.62. The summed E-state index contributed by atoms with van der Waals surface area (Å²) in [6.07, 6.45) is 2.95. The van der Waals surface area contributed by atoms with Gasteiger partial charge in [0.2, 0.25) is 5.43 Å². The molecule has 15 heavy (non-hydrogen) atoms. The van der Waals surface area contributed by atoms with Crippen molar-refractivity contribution in [2.24, 2.45) is 0 Å². The van der Waals surface area contributed by atoms with Gasteiger partial charge in [-0.3, -0.25) is 4.79 Å². The van der Waals surface area contributed by atoms with Gasteiger partial charge in [0, 0.05) is 12.3 Å². The second kappa shape index (κ2) is 4.98. The Hall–Kier alpha value is -1.29. The summed E-state index contributed by atoms with van der Waals surface area (Å²) in [7, 11) is 0. The maximum Gasteiger partial charge on any atom is 0.223 e. The highest BCUT2D eigenvalue weighted by atomic mass is 16.3. The Morgan fingerprint density at radius 2 is 2.13 bits per heavy atom.